The second kappa shape index (κ2) is 9.25. The Morgan fingerprint density at radius 3 is 1.24 bits per heavy atom. The van der Waals surface area contributed by atoms with E-state index in [1.807, 2.05) is 13.1 Å². The first-order valence-electron chi connectivity index (χ1n) is 7.53. The van der Waals surface area contributed by atoms with E-state index >= 15 is 0 Å². The lowest BCUT2D eigenvalue weighted by Gasteiger charge is -2.39. The molecule has 0 atom stereocenters. The van der Waals surface area contributed by atoms with Crippen LogP contribution in [0.3, 0.4) is 0 Å². The molecule has 0 aliphatic rings. The molecule has 0 radical (unpaired) electrons. The van der Waals surface area contributed by atoms with Crippen LogP contribution in [0.2, 0.25) is 39.3 Å². The maximum Gasteiger partial charge on any atom is 0.670 e. The molecule has 0 aromatic carbocycles. The Morgan fingerprint density at radius 1 is 0.520 bits per heavy atom. The van der Waals surface area contributed by atoms with Crippen LogP contribution in [0.5, 0.6) is 0 Å². The van der Waals surface area contributed by atoms with Crippen LogP contribution in [0.15, 0.2) is 0 Å². The first-order valence-corrected chi connectivity index (χ1v) is 19.3. The number of hydrogen-bond acceptors (Lipinski definition) is 10. The van der Waals surface area contributed by atoms with E-state index in [2.05, 4.69) is 0 Å². The maximum absolute atomic E-state index is 10.2. The summed E-state index contributed by atoms with van der Waals surface area (Å²) in [5.74, 6) is 0. The van der Waals surface area contributed by atoms with Crippen molar-refractivity contribution in [1.82, 2.24) is 0 Å². The average Bonchev–Trinajstić information content (AvgIpc) is 2.42. The van der Waals surface area contributed by atoms with E-state index < -0.39 is 43.8 Å². The summed E-state index contributed by atoms with van der Waals surface area (Å²) in [5, 5.41) is 0. The SMILES string of the molecule is CO[Si](O)(OC)O[Si](OC)(OC)O[Si](C)(C)O[Si](C)(C)O[Si](C)(C)O. The monoisotopic (exact) mass is 452 g/mol. The lowest BCUT2D eigenvalue weighted by molar-refractivity contribution is -0.00590. The van der Waals surface area contributed by atoms with Gasteiger partial charge in [0.25, 0.3) is 0 Å². The summed E-state index contributed by atoms with van der Waals surface area (Å²) < 4.78 is 43.7. The Bertz CT molecular complexity index is 407. The molecule has 0 amide bonds. The molecule has 0 unspecified atom stereocenters. The normalized spacial score (nSPS) is 14.9. The van der Waals surface area contributed by atoms with Crippen LogP contribution in [0.1, 0.15) is 0 Å². The standard InChI is InChI=1S/C10H32O10Si5/c1-13-24(12,14-2)20-25(15-3,16-4)19-23(9,10)18-22(7,8)17-21(5,6)11/h11-12H,1-10H3. The molecule has 0 aromatic heterocycles. The molecule has 0 heterocycles. The molecule has 0 spiro atoms. The smallest absolute Gasteiger partial charge is 0.416 e. The van der Waals surface area contributed by atoms with Crippen molar-refractivity contribution < 1.29 is 43.8 Å². The van der Waals surface area contributed by atoms with Crippen LogP contribution in [-0.2, 0) is 34.2 Å². The molecule has 0 rings (SSSR count). The molecule has 2 N–H and O–H groups in total. The summed E-state index contributed by atoms with van der Waals surface area (Å²) in [4.78, 5) is 20.2. The van der Waals surface area contributed by atoms with Crippen molar-refractivity contribution in [3.8, 4) is 0 Å². The van der Waals surface area contributed by atoms with Gasteiger partial charge < -0.3 is 43.8 Å². The molecule has 0 aliphatic carbocycles. The van der Waals surface area contributed by atoms with E-state index in [0.29, 0.717) is 0 Å². The van der Waals surface area contributed by atoms with Gasteiger partial charge >= 0.3 is 43.8 Å². The lowest BCUT2D eigenvalue weighted by atomic mass is 11.8. The van der Waals surface area contributed by atoms with Crippen LogP contribution in [0.25, 0.3) is 0 Å². The first kappa shape index (κ1) is 25.7. The van der Waals surface area contributed by atoms with Crippen molar-refractivity contribution in [3.63, 3.8) is 0 Å². The van der Waals surface area contributed by atoms with Gasteiger partial charge in [-0.2, -0.15) is 0 Å². The second-order valence-electron chi connectivity index (χ2n) is 6.50. The Labute approximate surface area is 155 Å². The first-order chi connectivity index (χ1) is 11.1. The fourth-order valence-corrected chi connectivity index (χ4v) is 19.3. The Hall–Kier alpha value is 0.684. The van der Waals surface area contributed by atoms with Gasteiger partial charge in [0.05, 0.1) is 0 Å². The zero-order chi connectivity index (χ0) is 20.2. The minimum absolute atomic E-state index is 1.25. The van der Waals surface area contributed by atoms with Gasteiger partial charge in [-0.05, 0) is 39.3 Å². The zero-order valence-corrected chi connectivity index (χ0v) is 21.7. The molecule has 25 heavy (non-hydrogen) atoms. The van der Waals surface area contributed by atoms with Crippen LogP contribution >= 0.6 is 0 Å². The Morgan fingerprint density at radius 2 is 0.920 bits per heavy atom. The molecule has 15 heteroatoms. The fraction of sp³-hybridized carbons (Fsp3) is 1.00. The molecule has 0 saturated heterocycles. The average molecular weight is 453 g/mol. The Kier molecular flexibility index (Phi) is 9.51. The van der Waals surface area contributed by atoms with E-state index in [1.165, 1.54) is 28.4 Å². The molecule has 0 aromatic rings. The lowest BCUT2D eigenvalue weighted by Crippen LogP contribution is -2.64. The molecular weight excluding hydrogens is 421 g/mol. The van der Waals surface area contributed by atoms with Gasteiger partial charge in [-0.3, -0.25) is 0 Å². The molecule has 0 saturated carbocycles. The summed E-state index contributed by atoms with van der Waals surface area (Å²) in [6, 6.07) is 0. The van der Waals surface area contributed by atoms with E-state index in [4.69, 9.17) is 34.2 Å². The summed E-state index contributed by atoms with van der Waals surface area (Å²) >= 11 is 0. The minimum atomic E-state index is -3.97. The third-order valence-corrected chi connectivity index (χ3v) is 17.6. The van der Waals surface area contributed by atoms with Crippen LogP contribution in [-0.4, -0.2) is 81.8 Å². The topological polar surface area (TPSA) is 114 Å². The molecule has 0 aliphatic heterocycles. The number of hydrogen-bond donors (Lipinski definition) is 2. The van der Waals surface area contributed by atoms with Gasteiger partial charge in [-0.1, -0.05) is 0 Å². The van der Waals surface area contributed by atoms with Gasteiger partial charge in [0.15, 0.2) is 0 Å². The highest BCUT2D eigenvalue weighted by Crippen LogP contribution is 2.26. The molecule has 152 valence electrons. The summed E-state index contributed by atoms with van der Waals surface area (Å²) in [7, 11) is -11.0. The van der Waals surface area contributed by atoms with Crippen LogP contribution in [0, 0.1) is 0 Å². The van der Waals surface area contributed by atoms with Crippen molar-refractivity contribution in [2.75, 3.05) is 28.4 Å². The van der Waals surface area contributed by atoms with E-state index in [0.717, 1.165) is 0 Å². The van der Waals surface area contributed by atoms with Crippen molar-refractivity contribution >= 4 is 43.8 Å². The predicted molar refractivity (Wildman–Crippen MR) is 101 cm³/mol. The molecule has 0 bridgehead atoms. The van der Waals surface area contributed by atoms with Crippen molar-refractivity contribution in [1.29, 1.82) is 0 Å². The van der Waals surface area contributed by atoms with Crippen LogP contribution in [0.4, 0.5) is 0 Å². The van der Waals surface area contributed by atoms with Gasteiger partial charge in [0, 0.05) is 28.4 Å². The van der Waals surface area contributed by atoms with Crippen molar-refractivity contribution in [3.05, 3.63) is 0 Å². The summed E-state index contributed by atoms with van der Waals surface area (Å²) in [5.41, 5.74) is 0. The second-order valence-corrected chi connectivity index (χ2v) is 21.9. The zero-order valence-electron chi connectivity index (χ0n) is 16.7. The highest BCUT2D eigenvalue weighted by molar-refractivity contribution is 6.86. The van der Waals surface area contributed by atoms with E-state index in [-0.39, 0.29) is 0 Å². The summed E-state index contributed by atoms with van der Waals surface area (Å²) in [6.45, 7) is 10.5. The maximum atomic E-state index is 10.2. The molecular formula is C10H32O10Si5. The third-order valence-electron chi connectivity index (χ3n) is 2.63. The van der Waals surface area contributed by atoms with Gasteiger partial charge in [0.2, 0.25) is 0 Å². The van der Waals surface area contributed by atoms with Gasteiger partial charge in [-0.15, -0.1) is 0 Å². The van der Waals surface area contributed by atoms with E-state index in [9.17, 15) is 9.59 Å². The predicted octanol–water partition coefficient (Wildman–Crippen LogP) is 0.600. The molecule has 0 fully saturated rings. The van der Waals surface area contributed by atoms with Crippen LogP contribution < -0.4 is 0 Å². The number of rotatable bonds is 12. The van der Waals surface area contributed by atoms with Crippen molar-refractivity contribution in [2.24, 2.45) is 0 Å². The fourth-order valence-electron chi connectivity index (χ4n) is 2.13. The molecule has 10 nitrogen and oxygen atoms in total. The highest BCUT2D eigenvalue weighted by atomic mass is 28.5. The largest absolute Gasteiger partial charge is 0.670 e. The van der Waals surface area contributed by atoms with Gasteiger partial charge in [-0.25, -0.2) is 0 Å². The van der Waals surface area contributed by atoms with Crippen molar-refractivity contribution in [2.45, 2.75) is 39.3 Å². The van der Waals surface area contributed by atoms with E-state index in [1.54, 1.807) is 26.2 Å². The highest BCUT2D eigenvalue weighted by Gasteiger charge is 2.59. The quantitative estimate of drug-likeness (QED) is 0.408. The van der Waals surface area contributed by atoms with Gasteiger partial charge in [0.1, 0.15) is 0 Å². The minimum Gasteiger partial charge on any atom is -0.416 e. The third kappa shape index (κ3) is 9.44. The Balaban J connectivity index is 5.34. The summed E-state index contributed by atoms with van der Waals surface area (Å²) in [6.07, 6.45) is 0.